The van der Waals surface area contributed by atoms with Gasteiger partial charge in [0.1, 0.15) is 5.82 Å². The maximum Gasteiger partial charge on any atom is 0.329 e. The molecule has 0 bridgehead atoms. The lowest BCUT2D eigenvalue weighted by Gasteiger charge is -2.36. The average Bonchev–Trinajstić information content (AvgIpc) is 3.19. The second kappa shape index (κ2) is 9.36. The van der Waals surface area contributed by atoms with Crippen molar-refractivity contribution in [3.05, 3.63) is 90.8 Å². The summed E-state index contributed by atoms with van der Waals surface area (Å²) in [5.41, 5.74) is 4.62. The van der Waals surface area contributed by atoms with Crippen LogP contribution in [0.4, 0.5) is 5.69 Å². The van der Waals surface area contributed by atoms with E-state index in [9.17, 15) is 9.59 Å². The summed E-state index contributed by atoms with van der Waals surface area (Å²) in [7, 11) is 1.64. The summed E-state index contributed by atoms with van der Waals surface area (Å²) >= 11 is 6.24. The number of halogens is 1. The van der Waals surface area contributed by atoms with Crippen molar-refractivity contribution in [2.45, 2.75) is 26.9 Å². The number of rotatable bonds is 5. The zero-order chi connectivity index (χ0) is 24.7. The fraction of sp³-hybridized carbons (Fsp3) is 0.346. The van der Waals surface area contributed by atoms with Gasteiger partial charge in [-0.25, -0.2) is 9.78 Å². The van der Waals surface area contributed by atoms with Crippen LogP contribution < -0.4 is 16.1 Å². The molecule has 1 aliphatic rings. The van der Waals surface area contributed by atoms with E-state index in [1.807, 2.05) is 28.8 Å². The van der Waals surface area contributed by atoms with Crippen LogP contribution in [0.25, 0.3) is 11.2 Å². The lowest BCUT2D eigenvalue weighted by atomic mass is 10.1. The minimum absolute atomic E-state index is 0.406. The highest BCUT2D eigenvalue weighted by molar-refractivity contribution is 6.30. The van der Waals surface area contributed by atoms with E-state index in [4.69, 9.17) is 16.6 Å². The van der Waals surface area contributed by atoms with E-state index in [-0.39, 0.29) is 0 Å². The maximum atomic E-state index is 12.9. The molecule has 0 unspecified atom stereocenters. The van der Waals surface area contributed by atoms with Gasteiger partial charge in [0.2, 0.25) is 0 Å². The number of hydrogen-bond donors (Lipinski definition) is 1. The van der Waals surface area contributed by atoms with Crippen LogP contribution in [0.1, 0.15) is 22.5 Å². The number of anilines is 1. The van der Waals surface area contributed by atoms with E-state index >= 15 is 0 Å². The molecule has 1 aliphatic heterocycles. The highest BCUT2D eigenvalue weighted by Crippen LogP contribution is 2.26. The molecule has 3 heterocycles. The number of fused-ring (bicyclic) bond motifs is 1. The normalized spacial score (nSPS) is 14.7. The molecule has 1 fully saturated rings. The van der Waals surface area contributed by atoms with E-state index in [2.05, 4.69) is 46.8 Å². The van der Waals surface area contributed by atoms with Crippen LogP contribution in [-0.2, 0) is 20.1 Å². The summed E-state index contributed by atoms with van der Waals surface area (Å²) < 4.78 is 3.37. The Morgan fingerprint density at radius 2 is 1.71 bits per heavy atom. The molecular formula is C26H29ClN6O2. The molecule has 9 heteroatoms. The Labute approximate surface area is 208 Å². The lowest BCUT2D eigenvalue weighted by molar-refractivity contribution is 0.241. The quantitative estimate of drug-likeness (QED) is 0.463. The van der Waals surface area contributed by atoms with E-state index in [1.165, 1.54) is 15.8 Å². The summed E-state index contributed by atoms with van der Waals surface area (Å²) in [6.45, 7) is 8.73. The van der Waals surface area contributed by atoms with E-state index in [0.717, 1.165) is 48.2 Å². The standard InChI is InChI=1S/C26H29ClN6O2/c1-17-6-4-5-7-19(17)15-33-22(28-24-23(33)25(34)29-26(35)30(24)3)16-31-10-12-32(13-11-31)21-14-20(27)9-8-18(21)2/h4-9,14H,10-13,15-16H2,1-3H3,(H,29,34,35). The molecule has 0 saturated carbocycles. The number of hydrogen-bond acceptors (Lipinski definition) is 5. The van der Waals surface area contributed by atoms with Crippen molar-refractivity contribution in [2.24, 2.45) is 7.05 Å². The van der Waals surface area contributed by atoms with Crippen LogP contribution in [0.15, 0.2) is 52.1 Å². The predicted molar refractivity (Wildman–Crippen MR) is 140 cm³/mol. The second-order valence-corrected chi connectivity index (χ2v) is 9.66. The molecule has 0 amide bonds. The van der Waals surface area contributed by atoms with Crippen molar-refractivity contribution in [3.63, 3.8) is 0 Å². The molecule has 4 aromatic rings. The summed E-state index contributed by atoms with van der Waals surface area (Å²) in [6.07, 6.45) is 0. The molecule has 2 aromatic carbocycles. The predicted octanol–water partition coefficient (Wildman–Crippen LogP) is 3.06. The van der Waals surface area contributed by atoms with Crippen molar-refractivity contribution in [3.8, 4) is 0 Å². The van der Waals surface area contributed by atoms with Gasteiger partial charge >= 0.3 is 5.69 Å². The maximum absolute atomic E-state index is 12.9. The molecule has 0 radical (unpaired) electrons. The molecule has 1 N–H and O–H groups in total. The van der Waals surface area contributed by atoms with Crippen molar-refractivity contribution in [1.29, 1.82) is 0 Å². The van der Waals surface area contributed by atoms with Gasteiger partial charge in [-0.05, 0) is 42.7 Å². The van der Waals surface area contributed by atoms with Gasteiger partial charge in [-0.3, -0.25) is 19.2 Å². The van der Waals surface area contributed by atoms with Gasteiger partial charge in [-0.2, -0.15) is 0 Å². The molecular weight excluding hydrogens is 464 g/mol. The minimum Gasteiger partial charge on any atom is -0.369 e. The fourth-order valence-corrected chi connectivity index (χ4v) is 4.96. The Morgan fingerprint density at radius 3 is 2.46 bits per heavy atom. The largest absolute Gasteiger partial charge is 0.369 e. The number of aromatic amines is 1. The van der Waals surface area contributed by atoms with Crippen molar-refractivity contribution < 1.29 is 0 Å². The first-order chi connectivity index (χ1) is 16.8. The molecule has 2 aromatic heterocycles. The minimum atomic E-state index is -0.458. The van der Waals surface area contributed by atoms with E-state index < -0.39 is 11.2 Å². The van der Waals surface area contributed by atoms with Crippen LogP contribution >= 0.6 is 11.6 Å². The Balaban J connectivity index is 1.45. The van der Waals surface area contributed by atoms with Crippen LogP contribution in [0.3, 0.4) is 0 Å². The first-order valence-corrected chi connectivity index (χ1v) is 12.2. The van der Waals surface area contributed by atoms with Gasteiger partial charge in [-0.15, -0.1) is 0 Å². The highest BCUT2D eigenvalue weighted by atomic mass is 35.5. The zero-order valence-corrected chi connectivity index (χ0v) is 21.0. The lowest BCUT2D eigenvalue weighted by Crippen LogP contribution is -2.46. The second-order valence-electron chi connectivity index (χ2n) is 9.23. The number of aromatic nitrogens is 4. The monoisotopic (exact) mass is 492 g/mol. The molecule has 0 spiro atoms. The van der Waals surface area contributed by atoms with Gasteiger partial charge in [0.15, 0.2) is 11.2 Å². The van der Waals surface area contributed by atoms with Gasteiger partial charge in [-0.1, -0.05) is 41.9 Å². The Bertz CT molecular complexity index is 1510. The van der Waals surface area contributed by atoms with Gasteiger partial charge in [0, 0.05) is 50.5 Å². The fourth-order valence-electron chi connectivity index (χ4n) is 4.80. The van der Waals surface area contributed by atoms with Crippen LogP contribution in [0.2, 0.25) is 5.02 Å². The average molecular weight is 493 g/mol. The van der Waals surface area contributed by atoms with Crippen molar-refractivity contribution in [2.75, 3.05) is 31.1 Å². The molecule has 5 rings (SSSR count). The van der Waals surface area contributed by atoms with Gasteiger partial charge in [0.05, 0.1) is 6.54 Å². The number of nitrogens with one attached hydrogen (secondary N) is 1. The number of H-pyrrole nitrogens is 1. The van der Waals surface area contributed by atoms with Crippen molar-refractivity contribution in [1.82, 2.24) is 24.0 Å². The number of aryl methyl sites for hydroxylation is 3. The number of piperazine rings is 1. The third kappa shape index (κ3) is 4.51. The van der Waals surface area contributed by atoms with Crippen molar-refractivity contribution >= 4 is 28.5 Å². The Kier molecular flexibility index (Phi) is 6.25. The number of benzene rings is 2. The molecule has 8 nitrogen and oxygen atoms in total. The molecule has 0 aliphatic carbocycles. The van der Waals surface area contributed by atoms with Crippen LogP contribution in [-0.4, -0.2) is 50.2 Å². The SMILES string of the molecule is Cc1ccccc1Cn1c(CN2CCN(c3cc(Cl)ccc3C)CC2)nc2c1c(=O)[nH]c(=O)n2C. The van der Waals surface area contributed by atoms with Gasteiger partial charge < -0.3 is 9.47 Å². The molecule has 182 valence electrons. The number of nitrogens with zero attached hydrogens (tertiary/aromatic N) is 5. The topological polar surface area (TPSA) is 79.2 Å². The molecule has 1 saturated heterocycles. The summed E-state index contributed by atoms with van der Waals surface area (Å²) in [5, 5.41) is 0.744. The van der Waals surface area contributed by atoms with Gasteiger partial charge in [0.25, 0.3) is 5.56 Å². The Hall–Kier alpha value is -3.36. The first kappa shape index (κ1) is 23.4. The third-order valence-electron chi connectivity index (χ3n) is 6.93. The smallest absolute Gasteiger partial charge is 0.329 e. The van der Waals surface area contributed by atoms with E-state index in [1.54, 1.807) is 7.05 Å². The highest BCUT2D eigenvalue weighted by Gasteiger charge is 2.23. The number of imidazole rings is 1. The molecule has 35 heavy (non-hydrogen) atoms. The Morgan fingerprint density at radius 1 is 0.971 bits per heavy atom. The summed E-state index contributed by atoms with van der Waals surface area (Å²) in [5.74, 6) is 0.780. The molecule has 0 atom stereocenters. The zero-order valence-electron chi connectivity index (χ0n) is 20.2. The first-order valence-electron chi connectivity index (χ1n) is 11.8. The van der Waals surface area contributed by atoms with E-state index in [0.29, 0.717) is 24.3 Å². The summed E-state index contributed by atoms with van der Waals surface area (Å²) in [4.78, 5) is 37.0. The van der Waals surface area contributed by atoms with Crippen LogP contribution in [0, 0.1) is 13.8 Å². The van der Waals surface area contributed by atoms with Crippen LogP contribution in [0.5, 0.6) is 0 Å². The summed E-state index contributed by atoms with van der Waals surface area (Å²) in [6, 6.07) is 14.1. The third-order valence-corrected chi connectivity index (χ3v) is 7.16.